The van der Waals surface area contributed by atoms with E-state index in [9.17, 15) is 14.7 Å². The fraction of sp³-hybridized carbons (Fsp3) is 0.438. The smallest absolute Gasteiger partial charge is 0.336 e. The van der Waals surface area contributed by atoms with Crippen LogP contribution in [0.1, 0.15) is 47.8 Å². The van der Waals surface area contributed by atoms with E-state index in [1.54, 1.807) is 19.1 Å². The maximum atomic E-state index is 12.2. The zero-order valence-electron chi connectivity index (χ0n) is 13.4. The molecule has 0 bridgehead atoms. The van der Waals surface area contributed by atoms with Gasteiger partial charge in [0.1, 0.15) is 11.4 Å². The molecular formula is C16H21ClN2O3. The van der Waals surface area contributed by atoms with E-state index in [4.69, 9.17) is 0 Å². The average molecular weight is 325 g/mol. The lowest BCUT2D eigenvalue weighted by Crippen LogP contribution is -2.41. The van der Waals surface area contributed by atoms with Crippen molar-refractivity contribution in [2.45, 2.75) is 40.2 Å². The van der Waals surface area contributed by atoms with Crippen LogP contribution >= 0.6 is 12.4 Å². The molecule has 0 aliphatic carbocycles. The Kier molecular flexibility index (Phi) is 5.03. The number of carbonyl (C=O) groups excluding carboxylic acids is 1. The summed E-state index contributed by atoms with van der Waals surface area (Å²) in [6, 6.07) is 3.39. The Hall–Kier alpha value is -1.88. The summed E-state index contributed by atoms with van der Waals surface area (Å²) in [6.07, 6.45) is 0. The second kappa shape index (κ2) is 6.08. The number of halogens is 1. The van der Waals surface area contributed by atoms with Crippen LogP contribution in [0.3, 0.4) is 0 Å². The van der Waals surface area contributed by atoms with Crippen LogP contribution in [0.15, 0.2) is 17.1 Å². The van der Waals surface area contributed by atoms with E-state index >= 15 is 0 Å². The minimum atomic E-state index is -1.02. The monoisotopic (exact) mass is 324 g/mol. The lowest BCUT2D eigenvalue weighted by atomic mass is 9.89. The number of nitrogens with zero attached hydrogens (tertiary/aromatic N) is 1. The molecule has 1 aromatic carbocycles. The predicted octanol–water partition coefficient (Wildman–Crippen LogP) is 2.71. The molecule has 0 radical (unpaired) electrons. The second-order valence-corrected chi connectivity index (χ2v) is 6.00. The molecule has 22 heavy (non-hydrogen) atoms. The third-order valence-electron chi connectivity index (χ3n) is 4.28. The van der Waals surface area contributed by atoms with Gasteiger partial charge in [-0.1, -0.05) is 13.8 Å². The number of carboxylic acid groups (broad SMARTS) is 1. The highest BCUT2D eigenvalue weighted by molar-refractivity contribution is 6.18. The highest BCUT2D eigenvalue weighted by Crippen LogP contribution is 2.28. The minimum Gasteiger partial charge on any atom is -0.478 e. The van der Waals surface area contributed by atoms with Gasteiger partial charge in [-0.2, -0.15) is 0 Å². The number of hydrogen-bond donors (Lipinski definition) is 2. The first kappa shape index (κ1) is 18.2. The Morgan fingerprint density at radius 2 is 1.82 bits per heavy atom. The topological polar surface area (TPSA) is 78.8 Å². The fourth-order valence-electron chi connectivity index (χ4n) is 2.25. The Morgan fingerprint density at radius 1 is 1.27 bits per heavy atom. The van der Waals surface area contributed by atoms with E-state index in [2.05, 4.69) is 10.3 Å². The molecule has 1 unspecified atom stereocenters. The van der Waals surface area contributed by atoms with Crippen LogP contribution in [-0.4, -0.2) is 28.4 Å². The van der Waals surface area contributed by atoms with Gasteiger partial charge in [-0.3, -0.25) is 9.79 Å². The number of carboxylic acids is 1. The molecule has 1 amide bonds. The highest BCUT2D eigenvalue weighted by atomic mass is 35.5. The van der Waals surface area contributed by atoms with Gasteiger partial charge in [0, 0.05) is 5.56 Å². The number of rotatable bonds is 3. The van der Waals surface area contributed by atoms with Gasteiger partial charge < -0.3 is 10.4 Å². The van der Waals surface area contributed by atoms with E-state index in [0.29, 0.717) is 11.4 Å². The summed E-state index contributed by atoms with van der Waals surface area (Å²) < 4.78 is 0. The van der Waals surface area contributed by atoms with E-state index in [-0.39, 0.29) is 29.8 Å². The third kappa shape index (κ3) is 2.86. The standard InChI is InChI=1S/C16H20N2O3.ClH/c1-8(2)16(5)15(21)17-13(18-16)11-6-9(3)10(4)7-12(11)14(19)20;/h6-8H,1-5H3,(H,19,20)(H,17,18,21);1H. The summed E-state index contributed by atoms with van der Waals surface area (Å²) in [6.45, 7) is 9.37. The molecule has 1 heterocycles. The van der Waals surface area contributed by atoms with Crippen molar-refractivity contribution in [2.75, 3.05) is 0 Å². The fourth-order valence-corrected chi connectivity index (χ4v) is 2.25. The first-order valence-corrected chi connectivity index (χ1v) is 6.93. The zero-order chi connectivity index (χ0) is 15.9. The van der Waals surface area contributed by atoms with E-state index in [1.807, 2.05) is 27.7 Å². The van der Waals surface area contributed by atoms with Crippen LogP contribution in [0.25, 0.3) is 0 Å². The number of amidine groups is 1. The molecule has 1 aromatic rings. The van der Waals surface area contributed by atoms with Gasteiger partial charge in [0.05, 0.1) is 5.56 Å². The van der Waals surface area contributed by atoms with Gasteiger partial charge in [0.2, 0.25) is 0 Å². The lowest BCUT2D eigenvalue weighted by Gasteiger charge is -2.21. The quantitative estimate of drug-likeness (QED) is 0.897. The molecule has 0 spiro atoms. The number of aryl methyl sites for hydroxylation is 2. The minimum absolute atomic E-state index is 0. The van der Waals surface area contributed by atoms with E-state index in [0.717, 1.165) is 11.1 Å². The van der Waals surface area contributed by atoms with Crippen LogP contribution in [0, 0.1) is 19.8 Å². The van der Waals surface area contributed by atoms with Gasteiger partial charge in [0.15, 0.2) is 0 Å². The van der Waals surface area contributed by atoms with Crippen molar-refractivity contribution in [3.05, 3.63) is 34.4 Å². The van der Waals surface area contributed by atoms with Crippen molar-refractivity contribution < 1.29 is 14.7 Å². The van der Waals surface area contributed by atoms with Crippen LogP contribution in [0.2, 0.25) is 0 Å². The van der Waals surface area contributed by atoms with Gasteiger partial charge in [-0.15, -0.1) is 12.4 Å². The molecule has 5 nitrogen and oxygen atoms in total. The van der Waals surface area contributed by atoms with Crippen molar-refractivity contribution in [1.82, 2.24) is 5.32 Å². The average Bonchev–Trinajstić information content (AvgIpc) is 2.69. The summed E-state index contributed by atoms with van der Waals surface area (Å²) in [7, 11) is 0. The first-order valence-electron chi connectivity index (χ1n) is 6.93. The van der Waals surface area contributed by atoms with Crippen molar-refractivity contribution in [3.63, 3.8) is 0 Å². The summed E-state index contributed by atoms with van der Waals surface area (Å²) >= 11 is 0. The maximum absolute atomic E-state index is 12.2. The summed E-state index contributed by atoms with van der Waals surface area (Å²) in [5.41, 5.74) is 1.62. The van der Waals surface area contributed by atoms with Gasteiger partial charge in [-0.25, -0.2) is 4.79 Å². The first-order chi connectivity index (χ1) is 9.66. The van der Waals surface area contributed by atoms with Crippen LogP contribution in [0.4, 0.5) is 0 Å². The van der Waals surface area contributed by atoms with E-state index < -0.39 is 11.5 Å². The Labute approximate surface area is 136 Å². The summed E-state index contributed by atoms with van der Waals surface area (Å²) in [5.74, 6) is -0.850. The van der Waals surface area contributed by atoms with Crippen molar-refractivity contribution in [1.29, 1.82) is 0 Å². The number of benzene rings is 1. The number of aromatic carboxylic acids is 1. The zero-order valence-corrected chi connectivity index (χ0v) is 14.2. The van der Waals surface area contributed by atoms with Gasteiger partial charge in [0.25, 0.3) is 5.91 Å². The number of hydrogen-bond acceptors (Lipinski definition) is 3. The Morgan fingerprint density at radius 3 is 2.27 bits per heavy atom. The second-order valence-electron chi connectivity index (χ2n) is 6.00. The molecule has 6 heteroatoms. The Balaban J connectivity index is 0.00000242. The third-order valence-corrected chi connectivity index (χ3v) is 4.28. The highest BCUT2D eigenvalue weighted by Gasteiger charge is 2.42. The van der Waals surface area contributed by atoms with E-state index in [1.165, 1.54) is 0 Å². The molecule has 2 rings (SSSR count). The largest absolute Gasteiger partial charge is 0.478 e. The molecule has 1 aliphatic rings. The Bertz CT molecular complexity index is 668. The molecule has 1 aliphatic heterocycles. The summed E-state index contributed by atoms with van der Waals surface area (Å²) in [5, 5.41) is 12.1. The predicted molar refractivity (Wildman–Crippen MR) is 88.0 cm³/mol. The number of amides is 1. The van der Waals surface area contributed by atoms with Crippen molar-refractivity contribution in [2.24, 2.45) is 10.9 Å². The maximum Gasteiger partial charge on any atom is 0.336 e. The van der Waals surface area contributed by atoms with Gasteiger partial charge >= 0.3 is 5.97 Å². The number of nitrogens with one attached hydrogen (secondary N) is 1. The number of carbonyl (C=O) groups is 2. The molecule has 0 fully saturated rings. The van der Waals surface area contributed by atoms with Crippen LogP contribution in [0.5, 0.6) is 0 Å². The molecule has 2 N–H and O–H groups in total. The molecular weight excluding hydrogens is 304 g/mol. The molecule has 0 aromatic heterocycles. The van der Waals surface area contributed by atoms with Crippen molar-refractivity contribution in [3.8, 4) is 0 Å². The molecule has 0 saturated heterocycles. The number of aliphatic imine (C=N–C) groups is 1. The molecule has 120 valence electrons. The van der Waals surface area contributed by atoms with Crippen molar-refractivity contribution >= 4 is 30.1 Å². The normalized spacial score (nSPS) is 20.5. The van der Waals surface area contributed by atoms with Crippen LogP contribution < -0.4 is 5.32 Å². The summed E-state index contributed by atoms with van der Waals surface area (Å²) in [4.78, 5) is 28.1. The van der Waals surface area contributed by atoms with Gasteiger partial charge in [-0.05, 0) is 49.9 Å². The molecule has 0 saturated carbocycles. The van der Waals surface area contributed by atoms with Crippen LogP contribution in [-0.2, 0) is 4.79 Å². The SMILES string of the molecule is Cc1cc(C(=O)O)c(C2=NC(C)(C(C)C)C(=O)N2)cc1C.Cl. The lowest BCUT2D eigenvalue weighted by molar-refractivity contribution is -0.124. The molecule has 1 atom stereocenters.